The van der Waals surface area contributed by atoms with Gasteiger partial charge in [0.25, 0.3) is 5.91 Å². The third kappa shape index (κ3) is 6.81. The first-order valence-electron chi connectivity index (χ1n) is 10.5. The number of rotatable bonds is 5. The molecular formula is C25H20F4N2O5. The molecule has 3 aromatic rings. The Morgan fingerprint density at radius 1 is 1.17 bits per heavy atom. The number of benzene rings is 2. The fourth-order valence-electron chi connectivity index (χ4n) is 3.31. The molecule has 1 aromatic heterocycles. The summed E-state index contributed by atoms with van der Waals surface area (Å²) in [5, 5.41) is 12.1. The summed E-state index contributed by atoms with van der Waals surface area (Å²) in [4.78, 5) is 27.9. The van der Waals surface area contributed by atoms with E-state index < -0.39 is 23.9 Å². The Balaban J connectivity index is 0.000000253. The highest BCUT2D eigenvalue weighted by atomic mass is 19.4. The molecule has 0 radical (unpaired) electrons. The molecule has 0 spiro atoms. The SMILES string of the molecule is C=Cc1cc(C(=O)NC2CCOc3cccnc32)ccc1C(=O)O.Fc1ccccc1OC(F)(F)F. The van der Waals surface area contributed by atoms with E-state index in [2.05, 4.69) is 21.6 Å². The van der Waals surface area contributed by atoms with Crippen molar-refractivity contribution in [3.63, 3.8) is 0 Å². The van der Waals surface area contributed by atoms with Gasteiger partial charge in [0.15, 0.2) is 11.6 Å². The number of para-hydroxylation sites is 1. The first kappa shape index (κ1) is 26.2. The van der Waals surface area contributed by atoms with E-state index in [9.17, 15) is 27.2 Å². The Morgan fingerprint density at radius 2 is 1.92 bits per heavy atom. The minimum Gasteiger partial charge on any atom is -0.491 e. The Labute approximate surface area is 203 Å². The Bertz CT molecular complexity index is 1260. The molecule has 0 saturated carbocycles. The van der Waals surface area contributed by atoms with Crippen LogP contribution in [0, 0.1) is 5.82 Å². The fourth-order valence-corrected chi connectivity index (χ4v) is 3.31. The van der Waals surface area contributed by atoms with Gasteiger partial charge in [-0.1, -0.05) is 24.8 Å². The molecule has 2 heterocycles. The summed E-state index contributed by atoms with van der Waals surface area (Å²) >= 11 is 0. The van der Waals surface area contributed by atoms with Crippen molar-refractivity contribution < 1.29 is 41.7 Å². The molecule has 1 aliphatic rings. The maximum atomic E-state index is 12.5. The highest BCUT2D eigenvalue weighted by Crippen LogP contribution is 2.30. The zero-order valence-corrected chi connectivity index (χ0v) is 18.6. The number of carbonyl (C=O) groups is 2. The maximum absolute atomic E-state index is 12.5. The quantitative estimate of drug-likeness (QED) is 0.452. The molecule has 36 heavy (non-hydrogen) atoms. The normalized spacial score (nSPS) is 14.3. The number of carboxylic acid groups (broad SMARTS) is 1. The molecule has 0 aliphatic carbocycles. The van der Waals surface area contributed by atoms with Gasteiger partial charge in [-0.15, -0.1) is 13.2 Å². The summed E-state index contributed by atoms with van der Waals surface area (Å²) in [6.45, 7) is 4.10. The molecule has 0 saturated heterocycles. The number of ether oxygens (including phenoxy) is 2. The van der Waals surface area contributed by atoms with Crippen molar-refractivity contribution >= 4 is 18.0 Å². The van der Waals surface area contributed by atoms with Crippen LogP contribution in [0.1, 0.15) is 44.4 Å². The predicted molar refractivity (Wildman–Crippen MR) is 121 cm³/mol. The highest BCUT2D eigenvalue weighted by molar-refractivity contribution is 5.98. The number of aromatic carboxylic acids is 1. The van der Waals surface area contributed by atoms with Crippen molar-refractivity contribution in [2.24, 2.45) is 0 Å². The van der Waals surface area contributed by atoms with Gasteiger partial charge in [0.05, 0.1) is 18.2 Å². The number of alkyl halides is 3. The standard InChI is InChI=1S/C18H16N2O4.C7H4F4O/c1-2-11-10-12(5-6-13(11)18(22)23)17(21)20-14-7-9-24-15-4-3-8-19-16(14)15;8-5-3-1-2-4-6(5)12-7(9,10)11/h2-6,8,10,14H,1,7,9H2,(H,20,21)(H,22,23);1-4H. The zero-order chi connectivity index (χ0) is 26.3. The second-order valence-corrected chi connectivity index (χ2v) is 7.34. The minimum atomic E-state index is -4.85. The van der Waals surface area contributed by atoms with E-state index in [1.165, 1.54) is 36.4 Å². The lowest BCUT2D eigenvalue weighted by Crippen LogP contribution is -2.32. The average Bonchev–Trinajstić information content (AvgIpc) is 2.85. The van der Waals surface area contributed by atoms with Gasteiger partial charge in [0, 0.05) is 18.2 Å². The summed E-state index contributed by atoms with van der Waals surface area (Å²) in [5.74, 6) is -2.53. The number of nitrogens with zero attached hydrogens (tertiary/aromatic N) is 1. The molecule has 0 bridgehead atoms. The summed E-state index contributed by atoms with van der Waals surface area (Å²) in [6, 6.07) is 12.1. The number of carboxylic acids is 1. The number of hydrogen-bond donors (Lipinski definition) is 2. The number of aromatic nitrogens is 1. The van der Waals surface area contributed by atoms with E-state index in [4.69, 9.17) is 9.84 Å². The van der Waals surface area contributed by atoms with E-state index >= 15 is 0 Å². The van der Waals surface area contributed by atoms with Crippen LogP contribution in [0.25, 0.3) is 6.08 Å². The van der Waals surface area contributed by atoms with Crippen LogP contribution in [0.15, 0.2) is 67.4 Å². The van der Waals surface area contributed by atoms with E-state index in [1.807, 2.05) is 6.07 Å². The van der Waals surface area contributed by atoms with Crippen LogP contribution in [0.2, 0.25) is 0 Å². The van der Waals surface area contributed by atoms with Gasteiger partial charge in [0.2, 0.25) is 0 Å². The van der Waals surface area contributed by atoms with Crippen LogP contribution in [0.5, 0.6) is 11.5 Å². The maximum Gasteiger partial charge on any atom is 0.573 e. The molecule has 1 atom stereocenters. The molecular weight excluding hydrogens is 484 g/mol. The second kappa shape index (κ2) is 11.3. The molecule has 188 valence electrons. The van der Waals surface area contributed by atoms with Gasteiger partial charge in [-0.25, -0.2) is 9.18 Å². The van der Waals surface area contributed by atoms with Crippen molar-refractivity contribution in [2.75, 3.05) is 6.61 Å². The van der Waals surface area contributed by atoms with Gasteiger partial charge in [-0.2, -0.15) is 0 Å². The smallest absolute Gasteiger partial charge is 0.491 e. The average molecular weight is 504 g/mol. The number of carbonyl (C=O) groups excluding carboxylic acids is 1. The van der Waals surface area contributed by atoms with Crippen LogP contribution in [0.3, 0.4) is 0 Å². The number of nitrogens with one attached hydrogen (secondary N) is 1. The molecule has 2 N–H and O–H groups in total. The Morgan fingerprint density at radius 3 is 2.58 bits per heavy atom. The molecule has 1 amide bonds. The third-order valence-corrected chi connectivity index (χ3v) is 4.93. The molecule has 7 nitrogen and oxygen atoms in total. The number of hydrogen-bond acceptors (Lipinski definition) is 5. The molecule has 1 unspecified atom stereocenters. The van der Waals surface area contributed by atoms with E-state index in [0.717, 1.165) is 12.1 Å². The molecule has 0 fully saturated rings. The van der Waals surface area contributed by atoms with Crippen LogP contribution in [0.4, 0.5) is 17.6 Å². The van der Waals surface area contributed by atoms with Gasteiger partial charge in [0.1, 0.15) is 11.4 Å². The Hall–Kier alpha value is -4.41. The lowest BCUT2D eigenvalue weighted by molar-refractivity contribution is -0.275. The topological polar surface area (TPSA) is 97.8 Å². The van der Waals surface area contributed by atoms with Crippen LogP contribution in [-0.2, 0) is 0 Å². The van der Waals surface area contributed by atoms with Gasteiger partial charge in [-0.05, 0) is 48.0 Å². The minimum absolute atomic E-state index is 0.111. The summed E-state index contributed by atoms with van der Waals surface area (Å²) in [5.41, 5.74) is 1.59. The van der Waals surface area contributed by atoms with Crippen LogP contribution in [-0.4, -0.2) is 34.9 Å². The van der Waals surface area contributed by atoms with Gasteiger partial charge in [-0.3, -0.25) is 9.78 Å². The van der Waals surface area contributed by atoms with Crippen molar-refractivity contribution in [1.82, 2.24) is 10.3 Å². The van der Waals surface area contributed by atoms with Crippen LogP contribution >= 0.6 is 0 Å². The van der Waals surface area contributed by atoms with Crippen molar-refractivity contribution in [1.29, 1.82) is 0 Å². The first-order valence-corrected chi connectivity index (χ1v) is 10.5. The lowest BCUT2D eigenvalue weighted by atomic mass is 10.0. The fraction of sp³-hybridized carbons (Fsp3) is 0.160. The van der Waals surface area contributed by atoms with E-state index in [1.54, 1.807) is 12.3 Å². The van der Waals surface area contributed by atoms with Gasteiger partial charge < -0.3 is 19.9 Å². The van der Waals surface area contributed by atoms with Gasteiger partial charge >= 0.3 is 12.3 Å². The molecule has 4 rings (SSSR count). The molecule has 11 heteroatoms. The monoisotopic (exact) mass is 504 g/mol. The molecule has 1 aliphatic heterocycles. The number of fused-ring (bicyclic) bond motifs is 1. The van der Waals surface area contributed by atoms with Crippen molar-refractivity contribution in [2.45, 2.75) is 18.8 Å². The first-order chi connectivity index (χ1) is 17.1. The summed E-state index contributed by atoms with van der Waals surface area (Å²) in [7, 11) is 0. The summed E-state index contributed by atoms with van der Waals surface area (Å²) < 4.78 is 56.0. The highest BCUT2D eigenvalue weighted by Gasteiger charge is 2.32. The largest absolute Gasteiger partial charge is 0.573 e. The van der Waals surface area contributed by atoms with E-state index in [0.29, 0.717) is 35.6 Å². The number of halogens is 4. The Kier molecular flexibility index (Phi) is 8.26. The van der Waals surface area contributed by atoms with Crippen molar-refractivity contribution in [3.8, 4) is 11.5 Å². The second-order valence-electron chi connectivity index (χ2n) is 7.34. The lowest BCUT2D eigenvalue weighted by Gasteiger charge is -2.25. The zero-order valence-electron chi connectivity index (χ0n) is 18.6. The number of pyridine rings is 1. The number of amides is 1. The summed E-state index contributed by atoms with van der Waals surface area (Å²) in [6.07, 6.45) is -1.14. The molecule has 2 aromatic carbocycles. The van der Waals surface area contributed by atoms with E-state index in [-0.39, 0.29) is 17.5 Å². The third-order valence-electron chi connectivity index (χ3n) is 4.93. The van der Waals surface area contributed by atoms with Crippen LogP contribution < -0.4 is 14.8 Å². The van der Waals surface area contributed by atoms with Crippen molar-refractivity contribution in [3.05, 3.63) is 95.6 Å². The predicted octanol–water partition coefficient (Wildman–Crippen LogP) is 5.40.